The molecule has 0 fully saturated rings. The zero-order valence-corrected chi connectivity index (χ0v) is 9.99. The van der Waals surface area contributed by atoms with Crippen molar-refractivity contribution in [3.63, 3.8) is 0 Å². The highest BCUT2D eigenvalue weighted by Gasteiger charge is 2.33. The zero-order valence-electron chi connectivity index (χ0n) is 9.99. The van der Waals surface area contributed by atoms with E-state index in [1.54, 1.807) is 0 Å². The Morgan fingerprint density at radius 2 is 0.636 bits per heavy atom. The molecule has 0 unspecified atom stereocenters. The average Bonchev–Trinajstić information content (AvgIpc) is 2.50. The van der Waals surface area contributed by atoms with Crippen molar-refractivity contribution in [3.8, 4) is 28.4 Å². The summed E-state index contributed by atoms with van der Waals surface area (Å²) in [6, 6.07) is 0. The number of hydrogen-bond donors (Lipinski definition) is 3. The molecule has 22 heavy (non-hydrogen) atoms. The standard InChI is InChI=1S/C12H3F7O3/c13-3-1(4(14)8(18)10(20)7(3)17)2-5(15)9(19)12(22)11(21)6(2)16/h20-22H. The van der Waals surface area contributed by atoms with Crippen LogP contribution >= 0.6 is 0 Å². The maximum atomic E-state index is 13.7. The van der Waals surface area contributed by atoms with Gasteiger partial charge in [0.1, 0.15) is 0 Å². The molecule has 10 heteroatoms. The van der Waals surface area contributed by atoms with Gasteiger partial charge in [-0.3, -0.25) is 0 Å². The molecule has 0 amide bonds. The average molecular weight is 328 g/mol. The van der Waals surface area contributed by atoms with Crippen molar-refractivity contribution in [3.05, 3.63) is 40.7 Å². The van der Waals surface area contributed by atoms with Crippen LogP contribution in [0.5, 0.6) is 17.2 Å². The third kappa shape index (κ3) is 1.90. The van der Waals surface area contributed by atoms with E-state index in [4.69, 9.17) is 15.3 Å². The van der Waals surface area contributed by atoms with Gasteiger partial charge in [0.25, 0.3) is 0 Å². The Kier molecular flexibility index (Phi) is 3.55. The first-order chi connectivity index (χ1) is 10.1. The molecule has 0 bridgehead atoms. The van der Waals surface area contributed by atoms with E-state index in [0.29, 0.717) is 0 Å². The first-order valence-corrected chi connectivity index (χ1v) is 5.24. The number of halogens is 7. The Balaban J connectivity index is 3.03. The van der Waals surface area contributed by atoms with Crippen molar-refractivity contribution in [1.29, 1.82) is 0 Å². The molecule has 3 nitrogen and oxygen atoms in total. The third-order valence-electron chi connectivity index (χ3n) is 2.76. The summed E-state index contributed by atoms with van der Waals surface area (Å²) in [7, 11) is 0. The lowest BCUT2D eigenvalue weighted by atomic mass is 10.0. The van der Waals surface area contributed by atoms with Crippen LogP contribution in [0.15, 0.2) is 0 Å². The quantitative estimate of drug-likeness (QED) is 0.427. The first-order valence-electron chi connectivity index (χ1n) is 5.24. The lowest BCUT2D eigenvalue weighted by Gasteiger charge is -2.13. The second-order valence-electron chi connectivity index (χ2n) is 3.99. The second-order valence-corrected chi connectivity index (χ2v) is 3.99. The normalized spacial score (nSPS) is 11.0. The molecule has 0 aliphatic rings. The molecule has 0 aromatic heterocycles. The molecule has 118 valence electrons. The summed E-state index contributed by atoms with van der Waals surface area (Å²) in [5, 5.41) is 26.6. The van der Waals surface area contributed by atoms with Gasteiger partial charge in [-0.15, -0.1) is 0 Å². The predicted molar refractivity (Wildman–Crippen MR) is 56.6 cm³/mol. The molecule has 2 aromatic rings. The smallest absolute Gasteiger partial charge is 0.205 e. The van der Waals surface area contributed by atoms with Gasteiger partial charge in [-0.05, 0) is 0 Å². The van der Waals surface area contributed by atoms with Crippen molar-refractivity contribution < 1.29 is 46.1 Å². The lowest BCUT2D eigenvalue weighted by Crippen LogP contribution is -2.05. The molecule has 2 aromatic carbocycles. The number of benzene rings is 2. The summed E-state index contributed by atoms with van der Waals surface area (Å²) < 4.78 is 94.0. The number of aromatic hydroxyl groups is 3. The fraction of sp³-hybridized carbons (Fsp3) is 0. The molecule has 0 heterocycles. The minimum Gasteiger partial charge on any atom is -0.503 e. The summed E-state index contributed by atoms with van der Waals surface area (Å²) in [6.45, 7) is 0. The molecule has 3 N–H and O–H groups in total. The van der Waals surface area contributed by atoms with Gasteiger partial charge in [-0.2, -0.15) is 13.2 Å². The summed E-state index contributed by atoms with van der Waals surface area (Å²) >= 11 is 0. The zero-order chi connectivity index (χ0) is 16.9. The summed E-state index contributed by atoms with van der Waals surface area (Å²) in [5.74, 6) is -22.5. The largest absolute Gasteiger partial charge is 0.503 e. The van der Waals surface area contributed by atoms with Crippen LogP contribution in [0.25, 0.3) is 11.1 Å². The molecule has 0 aliphatic carbocycles. The Morgan fingerprint density at radius 3 is 1.05 bits per heavy atom. The Bertz CT molecular complexity index is 679. The predicted octanol–water partition coefficient (Wildman–Crippen LogP) is 3.44. The topological polar surface area (TPSA) is 60.7 Å². The monoisotopic (exact) mass is 328 g/mol. The van der Waals surface area contributed by atoms with Crippen LogP contribution in [-0.2, 0) is 0 Å². The maximum Gasteiger partial charge on any atom is 0.205 e. The van der Waals surface area contributed by atoms with Crippen LogP contribution in [0.1, 0.15) is 0 Å². The summed E-state index contributed by atoms with van der Waals surface area (Å²) in [5.41, 5.74) is -4.04. The van der Waals surface area contributed by atoms with Gasteiger partial charge in [0.2, 0.25) is 17.5 Å². The van der Waals surface area contributed by atoms with Crippen LogP contribution < -0.4 is 0 Å². The molecule has 0 radical (unpaired) electrons. The van der Waals surface area contributed by atoms with Crippen molar-refractivity contribution >= 4 is 0 Å². The molecular formula is C12H3F7O3. The highest BCUT2D eigenvalue weighted by molar-refractivity contribution is 5.71. The highest BCUT2D eigenvalue weighted by Crippen LogP contribution is 2.43. The van der Waals surface area contributed by atoms with Gasteiger partial charge in [-0.25, -0.2) is 17.6 Å². The Labute approximate surface area is 116 Å². The van der Waals surface area contributed by atoms with Crippen LogP contribution in [0, 0.1) is 40.7 Å². The number of hydrogen-bond acceptors (Lipinski definition) is 3. The second kappa shape index (κ2) is 4.97. The van der Waals surface area contributed by atoms with E-state index < -0.39 is 69.1 Å². The molecule has 0 saturated heterocycles. The number of rotatable bonds is 1. The minimum absolute atomic E-state index is 1.90. The van der Waals surface area contributed by atoms with E-state index in [2.05, 4.69) is 0 Å². The summed E-state index contributed by atoms with van der Waals surface area (Å²) in [4.78, 5) is 0. The molecular weight excluding hydrogens is 325 g/mol. The summed E-state index contributed by atoms with van der Waals surface area (Å²) in [6.07, 6.45) is 0. The van der Waals surface area contributed by atoms with Gasteiger partial charge in [-0.1, -0.05) is 0 Å². The van der Waals surface area contributed by atoms with Crippen molar-refractivity contribution in [1.82, 2.24) is 0 Å². The third-order valence-corrected chi connectivity index (χ3v) is 2.76. The minimum atomic E-state index is -2.43. The molecule has 0 atom stereocenters. The SMILES string of the molecule is Oc1c(O)c(F)c(-c2c(F)c(F)c(O)c(F)c2F)c(F)c1F. The van der Waals surface area contributed by atoms with Gasteiger partial charge in [0.05, 0.1) is 11.1 Å². The van der Waals surface area contributed by atoms with E-state index in [1.165, 1.54) is 0 Å². The van der Waals surface area contributed by atoms with Crippen molar-refractivity contribution in [2.24, 2.45) is 0 Å². The lowest BCUT2D eigenvalue weighted by molar-refractivity contribution is 0.343. The van der Waals surface area contributed by atoms with E-state index in [1.807, 2.05) is 0 Å². The van der Waals surface area contributed by atoms with Crippen molar-refractivity contribution in [2.45, 2.75) is 0 Å². The van der Waals surface area contributed by atoms with Gasteiger partial charge in [0, 0.05) is 0 Å². The van der Waals surface area contributed by atoms with Crippen LogP contribution in [0.4, 0.5) is 30.7 Å². The van der Waals surface area contributed by atoms with E-state index in [0.717, 1.165) is 0 Å². The van der Waals surface area contributed by atoms with Gasteiger partial charge in [0.15, 0.2) is 40.5 Å². The molecule has 0 aliphatic heterocycles. The first kappa shape index (κ1) is 15.7. The number of phenols is 3. The molecule has 0 saturated carbocycles. The van der Waals surface area contributed by atoms with E-state index in [9.17, 15) is 30.7 Å². The number of phenolic OH excluding ortho intramolecular Hbond substituents is 3. The fourth-order valence-electron chi connectivity index (χ4n) is 1.70. The fourth-order valence-corrected chi connectivity index (χ4v) is 1.70. The van der Waals surface area contributed by atoms with Crippen LogP contribution in [0.3, 0.4) is 0 Å². The Hall–Kier alpha value is -2.65. The van der Waals surface area contributed by atoms with Gasteiger partial charge < -0.3 is 15.3 Å². The van der Waals surface area contributed by atoms with Crippen molar-refractivity contribution in [2.75, 3.05) is 0 Å². The van der Waals surface area contributed by atoms with E-state index >= 15 is 0 Å². The van der Waals surface area contributed by atoms with E-state index in [-0.39, 0.29) is 0 Å². The Morgan fingerprint density at radius 1 is 0.364 bits per heavy atom. The van der Waals surface area contributed by atoms with Crippen LogP contribution in [-0.4, -0.2) is 15.3 Å². The maximum absolute atomic E-state index is 13.7. The molecule has 2 rings (SSSR count). The van der Waals surface area contributed by atoms with Crippen LogP contribution in [0.2, 0.25) is 0 Å². The highest BCUT2D eigenvalue weighted by atomic mass is 19.2. The van der Waals surface area contributed by atoms with Gasteiger partial charge >= 0.3 is 0 Å². The molecule has 0 spiro atoms.